The maximum Gasteiger partial charge on any atom is 0.233 e. The lowest BCUT2D eigenvalue weighted by molar-refractivity contribution is 0.353. The van der Waals surface area contributed by atoms with E-state index in [1.165, 1.54) is 0 Å². The predicted molar refractivity (Wildman–Crippen MR) is 91.1 cm³/mol. The van der Waals surface area contributed by atoms with Gasteiger partial charge in [-0.15, -0.1) is 10.2 Å². The maximum absolute atomic E-state index is 6.04. The highest BCUT2D eigenvalue weighted by Gasteiger charge is 2.21. The Balaban J connectivity index is 1.82. The fourth-order valence-corrected chi connectivity index (χ4v) is 2.87. The molecule has 0 radical (unpaired) electrons. The largest absolute Gasteiger partial charge is 0.497 e. The number of nitrogens with zero attached hydrogens (tertiary/aromatic N) is 2. The van der Waals surface area contributed by atoms with Crippen molar-refractivity contribution in [1.82, 2.24) is 15.5 Å². The van der Waals surface area contributed by atoms with Crippen LogP contribution in [0.1, 0.15) is 56.0 Å². The molecule has 128 valence electrons. The fourth-order valence-electron chi connectivity index (χ4n) is 2.87. The number of ether oxygens (including phenoxy) is 1. The molecule has 0 saturated carbocycles. The molecule has 0 spiro atoms. The Labute approximate surface area is 141 Å². The van der Waals surface area contributed by atoms with Gasteiger partial charge in [0.2, 0.25) is 11.8 Å². The first-order valence-electron chi connectivity index (χ1n) is 8.18. The first-order chi connectivity index (χ1) is 11.5. The summed E-state index contributed by atoms with van der Waals surface area (Å²) in [6, 6.07) is 5.79. The van der Waals surface area contributed by atoms with Crippen molar-refractivity contribution in [1.29, 1.82) is 0 Å². The van der Waals surface area contributed by atoms with Crippen LogP contribution in [0.25, 0.3) is 11.0 Å². The van der Waals surface area contributed by atoms with Crippen molar-refractivity contribution >= 4 is 11.0 Å². The first kappa shape index (κ1) is 16.5. The van der Waals surface area contributed by atoms with E-state index in [2.05, 4.69) is 29.4 Å². The summed E-state index contributed by atoms with van der Waals surface area (Å²) in [7, 11) is 1.66. The van der Waals surface area contributed by atoms with Gasteiger partial charge < -0.3 is 13.6 Å². The Morgan fingerprint density at radius 3 is 2.62 bits per heavy atom. The highest BCUT2D eigenvalue weighted by atomic mass is 16.5. The average molecular weight is 329 g/mol. The van der Waals surface area contributed by atoms with Gasteiger partial charge >= 0.3 is 0 Å². The molecule has 6 heteroatoms. The number of aromatic nitrogens is 2. The van der Waals surface area contributed by atoms with E-state index in [4.69, 9.17) is 13.6 Å². The van der Waals surface area contributed by atoms with E-state index in [-0.39, 0.29) is 12.1 Å². The van der Waals surface area contributed by atoms with Gasteiger partial charge in [0, 0.05) is 17.4 Å². The summed E-state index contributed by atoms with van der Waals surface area (Å²) in [6.45, 7) is 8.12. The topological polar surface area (TPSA) is 73.3 Å². The summed E-state index contributed by atoms with van der Waals surface area (Å²) in [6.07, 6.45) is 0.736. The summed E-state index contributed by atoms with van der Waals surface area (Å²) in [5.74, 6) is 2.97. The Morgan fingerprint density at radius 1 is 1.17 bits per heavy atom. The van der Waals surface area contributed by atoms with Gasteiger partial charge in [0.05, 0.1) is 19.2 Å². The van der Waals surface area contributed by atoms with E-state index < -0.39 is 0 Å². The van der Waals surface area contributed by atoms with Gasteiger partial charge in [-0.2, -0.15) is 0 Å². The van der Waals surface area contributed by atoms with Gasteiger partial charge in [-0.25, -0.2) is 0 Å². The Kier molecular flexibility index (Phi) is 4.57. The molecule has 0 unspecified atom stereocenters. The Bertz CT molecular complexity index is 837. The predicted octanol–water partition coefficient (Wildman–Crippen LogP) is 4.11. The van der Waals surface area contributed by atoms with Crippen molar-refractivity contribution < 1.29 is 13.6 Å². The summed E-state index contributed by atoms with van der Waals surface area (Å²) < 4.78 is 17.0. The monoisotopic (exact) mass is 329 g/mol. The zero-order chi connectivity index (χ0) is 17.3. The SMILES string of the molecule is CCc1nnc([C@H](C)N[C@@H](C)c2oc3ccc(OC)cc3c2C)o1. The highest BCUT2D eigenvalue weighted by molar-refractivity contribution is 5.83. The van der Waals surface area contributed by atoms with Crippen LogP contribution in [0, 0.1) is 6.92 Å². The molecule has 0 aliphatic rings. The third-order valence-electron chi connectivity index (χ3n) is 4.23. The number of hydrogen-bond donors (Lipinski definition) is 1. The zero-order valence-corrected chi connectivity index (χ0v) is 14.7. The molecule has 0 bridgehead atoms. The lowest BCUT2D eigenvalue weighted by atomic mass is 10.1. The average Bonchev–Trinajstić information content (AvgIpc) is 3.19. The highest BCUT2D eigenvalue weighted by Crippen LogP contribution is 2.32. The molecule has 3 rings (SSSR count). The van der Waals surface area contributed by atoms with Gasteiger partial charge in [0.1, 0.15) is 17.1 Å². The summed E-state index contributed by atoms with van der Waals surface area (Å²) in [5.41, 5.74) is 1.96. The van der Waals surface area contributed by atoms with E-state index >= 15 is 0 Å². The number of nitrogens with one attached hydrogen (secondary N) is 1. The van der Waals surface area contributed by atoms with Crippen molar-refractivity contribution in [3.05, 3.63) is 41.3 Å². The number of benzene rings is 1. The molecule has 3 aromatic rings. The van der Waals surface area contributed by atoms with Crippen LogP contribution >= 0.6 is 0 Å². The third kappa shape index (κ3) is 3.01. The van der Waals surface area contributed by atoms with E-state index in [1.807, 2.05) is 32.0 Å². The standard InChI is InChI=1S/C18H23N3O3/c1-6-16-20-21-18(24-16)12(4)19-11(3)17-10(2)14-9-13(22-5)7-8-15(14)23-17/h7-9,11-12,19H,6H2,1-5H3/t11-,12-/m0/s1. The summed E-state index contributed by atoms with van der Waals surface area (Å²) in [4.78, 5) is 0. The fraction of sp³-hybridized carbons (Fsp3) is 0.444. The lowest BCUT2D eigenvalue weighted by Gasteiger charge is -2.16. The molecule has 6 nitrogen and oxygen atoms in total. The third-order valence-corrected chi connectivity index (χ3v) is 4.23. The number of rotatable bonds is 6. The number of aryl methyl sites for hydroxylation is 2. The molecule has 0 amide bonds. The number of fused-ring (bicyclic) bond motifs is 1. The molecule has 2 atom stereocenters. The Morgan fingerprint density at radius 2 is 1.96 bits per heavy atom. The van der Waals surface area contributed by atoms with E-state index in [9.17, 15) is 0 Å². The molecule has 0 fully saturated rings. The van der Waals surface area contributed by atoms with Crippen molar-refractivity contribution in [2.24, 2.45) is 0 Å². The molecule has 0 aliphatic carbocycles. The number of hydrogen-bond acceptors (Lipinski definition) is 6. The number of methoxy groups -OCH3 is 1. The minimum Gasteiger partial charge on any atom is -0.497 e. The molecule has 1 N–H and O–H groups in total. The van der Waals surface area contributed by atoms with Gasteiger partial charge in [-0.3, -0.25) is 5.32 Å². The minimum absolute atomic E-state index is 0.00960. The molecule has 2 heterocycles. The number of furan rings is 1. The van der Waals surface area contributed by atoms with Crippen LogP contribution in [0.3, 0.4) is 0 Å². The quantitative estimate of drug-likeness (QED) is 0.734. The van der Waals surface area contributed by atoms with Gasteiger partial charge in [0.15, 0.2) is 0 Å². The van der Waals surface area contributed by atoms with E-state index in [1.54, 1.807) is 7.11 Å². The molecular formula is C18H23N3O3. The second-order valence-corrected chi connectivity index (χ2v) is 5.95. The van der Waals surface area contributed by atoms with Crippen molar-refractivity contribution in [2.75, 3.05) is 7.11 Å². The van der Waals surface area contributed by atoms with Crippen molar-refractivity contribution in [3.8, 4) is 5.75 Å². The van der Waals surface area contributed by atoms with Crippen LogP contribution in [0.2, 0.25) is 0 Å². The molecular weight excluding hydrogens is 306 g/mol. The zero-order valence-electron chi connectivity index (χ0n) is 14.7. The van der Waals surface area contributed by atoms with Crippen LogP contribution in [0.15, 0.2) is 27.0 Å². The molecule has 0 saturated heterocycles. The van der Waals surface area contributed by atoms with Crippen molar-refractivity contribution in [3.63, 3.8) is 0 Å². The lowest BCUT2D eigenvalue weighted by Crippen LogP contribution is -2.23. The van der Waals surface area contributed by atoms with Gasteiger partial charge in [-0.05, 0) is 39.0 Å². The van der Waals surface area contributed by atoms with Crippen molar-refractivity contribution in [2.45, 2.75) is 46.2 Å². The molecule has 24 heavy (non-hydrogen) atoms. The minimum atomic E-state index is -0.0602. The van der Waals surface area contributed by atoms with Crippen LogP contribution in [0.5, 0.6) is 5.75 Å². The smallest absolute Gasteiger partial charge is 0.233 e. The van der Waals surface area contributed by atoms with Gasteiger partial charge in [0.25, 0.3) is 0 Å². The second kappa shape index (κ2) is 6.65. The van der Waals surface area contributed by atoms with Crippen LogP contribution in [0.4, 0.5) is 0 Å². The molecule has 2 aromatic heterocycles. The normalized spacial score (nSPS) is 14.0. The van der Waals surface area contributed by atoms with E-state index in [0.717, 1.165) is 34.5 Å². The van der Waals surface area contributed by atoms with Crippen LogP contribution in [-0.4, -0.2) is 17.3 Å². The summed E-state index contributed by atoms with van der Waals surface area (Å²) in [5, 5.41) is 12.6. The van der Waals surface area contributed by atoms with Crippen LogP contribution < -0.4 is 10.1 Å². The molecule has 0 aliphatic heterocycles. The van der Waals surface area contributed by atoms with Crippen LogP contribution in [-0.2, 0) is 6.42 Å². The van der Waals surface area contributed by atoms with Gasteiger partial charge in [-0.1, -0.05) is 6.92 Å². The molecule has 1 aromatic carbocycles. The second-order valence-electron chi connectivity index (χ2n) is 5.95. The first-order valence-corrected chi connectivity index (χ1v) is 8.18. The van der Waals surface area contributed by atoms with E-state index in [0.29, 0.717) is 11.8 Å². The summed E-state index contributed by atoms with van der Waals surface area (Å²) >= 11 is 0. The Hall–Kier alpha value is -2.34. The maximum atomic E-state index is 6.04.